The van der Waals surface area contributed by atoms with Gasteiger partial charge < -0.3 is 15.0 Å². The van der Waals surface area contributed by atoms with Gasteiger partial charge >= 0.3 is 18.2 Å². The fourth-order valence-electron chi connectivity index (χ4n) is 2.95. The van der Waals surface area contributed by atoms with Crippen LogP contribution in [0.4, 0.5) is 18.0 Å². The number of rotatable bonds is 4. The Labute approximate surface area is 169 Å². The van der Waals surface area contributed by atoms with E-state index in [9.17, 15) is 22.8 Å². The van der Waals surface area contributed by atoms with Crippen molar-refractivity contribution in [2.24, 2.45) is 0 Å². The molecule has 1 fully saturated rings. The SMILES string of the molecule is C[C@H](NC(=O)C(F)(F)F)c1ccc(CN2CCN(C(=O)OC(C)(C)C)CC2)cc1. The van der Waals surface area contributed by atoms with Gasteiger partial charge in [-0.25, -0.2) is 4.79 Å². The quantitative estimate of drug-likeness (QED) is 0.818. The standard InChI is InChI=1S/C20H28F3N3O3/c1-14(24-17(27)20(21,22)23)16-7-5-15(6-8-16)13-25-9-11-26(12-10-25)18(28)29-19(2,3)4/h5-8,14H,9-13H2,1-4H3,(H,24,27)/t14-/m0/s1. The van der Waals surface area contributed by atoms with E-state index in [0.29, 0.717) is 38.3 Å². The molecular weight excluding hydrogens is 387 g/mol. The number of amides is 2. The van der Waals surface area contributed by atoms with E-state index in [4.69, 9.17) is 4.74 Å². The number of alkyl halides is 3. The zero-order valence-corrected chi connectivity index (χ0v) is 17.2. The zero-order valence-electron chi connectivity index (χ0n) is 17.2. The normalized spacial score (nSPS) is 17.0. The summed E-state index contributed by atoms with van der Waals surface area (Å²) in [5, 5.41) is 1.94. The average Bonchev–Trinajstić information content (AvgIpc) is 2.60. The number of nitrogens with one attached hydrogen (secondary N) is 1. The molecule has 1 aliphatic heterocycles. The van der Waals surface area contributed by atoms with Crippen LogP contribution in [0.25, 0.3) is 0 Å². The second-order valence-electron chi connectivity index (χ2n) is 8.18. The Hall–Kier alpha value is -2.29. The Morgan fingerprint density at radius 1 is 1.07 bits per heavy atom. The van der Waals surface area contributed by atoms with Crippen LogP contribution < -0.4 is 5.32 Å². The highest BCUT2D eigenvalue weighted by Crippen LogP contribution is 2.20. The number of hydrogen-bond acceptors (Lipinski definition) is 4. The van der Waals surface area contributed by atoms with Crippen LogP contribution in [0.15, 0.2) is 24.3 Å². The van der Waals surface area contributed by atoms with Crippen LogP contribution in [0.1, 0.15) is 44.9 Å². The van der Waals surface area contributed by atoms with Gasteiger partial charge in [0.05, 0.1) is 6.04 Å². The minimum atomic E-state index is -4.89. The molecule has 0 unspecified atom stereocenters. The van der Waals surface area contributed by atoms with E-state index >= 15 is 0 Å². The Morgan fingerprint density at radius 3 is 2.10 bits per heavy atom. The van der Waals surface area contributed by atoms with Gasteiger partial charge in [-0.15, -0.1) is 0 Å². The molecule has 162 valence electrons. The molecule has 0 spiro atoms. The predicted molar refractivity (Wildman–Crippen MR) is 102 cm³/mol. The number of piperazine rings is 1. The van der Waals surface area contributed by atoms with Crippen molar-refractivity contribution < 1.29 is 27.5 Å². The highest BCUT2D eigenvalue weighted by molar-refractivity contribution is 5.82. The van der Waals surface area contributed by atoms with Gasteiger partial charge in [0.2, 0.25) is 0 Å². The lowest BCUT2D eigenvalue weighted by Gasteiger charge is -2.35. The molecule has 9 heteroatoms. The molecule has 1 atom stereocenters. The Kier molecular flexibility index (Phi) is 7.15. The summed E-state index contributed by atoms with van der Waals surface area (Å²) in [4.78, 5) is 27.0. The fraction of sp³-hybridized carbons (Fsp3) is 0.600. The second kappa shape index (κ2) is 9.02. The maximum absolute atomic E-state index is 12.4. The second-order valence-corrected chi connectivity index (χ2v) is 8.18. The minimum Gasteiger partial charge on any atom is -0.444 e. The first-order valence-corrected chi connectivity index (χ1v) is 9.52. The number of ether oxygens (including phenoxy) is 1. The third-order valence-electron chi connectivity index (χ3n) is 4.51. The van der Waals surface area contributed by atoms with Crippen LogP contribution in [0.3, 0.4) is 0 Å². The Balaban J connectivity index is 1.83. The molecular formula is C20H28F3N3O3. The van der Waals surface area contributed by atoms with Crippen LogP contribution in [-0.2, 0) is 16.1 Å². The first-order valence-electron chi connectivity index (χ1n) is 9.52. The molecule has 1 saturated heterocycles. The Morgan fingerprint density at radius 2 is 1.62 bits per heavy atom. The van der Waals surface area contributed by atoms with Gasteiger partial charge in [0.15, 0.2) is 0 Å². The number of carbonyl (C=O) groups is 2. The van der Waals surface area contributed by atoms with Crippen LogP contribution in [0.5, 0.6) is 0 Å². The molecule has 29 heavy (non-hydrogen) atoms. The Bertz CT molecular complexity index is 706. The summed E-state index contributed by atoms with van der Waals surface area (Å²) in [6.07, 6.45) is -5.20. The summed E-state index contributed by atoms with van der Waals surface area (Å²) >= 11 is 0. The molecule has 1 aliphatic rings. The number of halogens is 3. The lowest BCUT2D eigenvalue weighted by Crippen LogP contribution is -2.49. The first kappa shape index (κ1) is 23.0. The molecule has 0 aromatic heterocycles. The van der Waals surface area contributed by atoms with Gasteiger partial charge in [0.25, 0.3) is 0 Å². The summed E-state index contributed by atoms with van der Waals surface area (Å²) in [7, 11) is 0. The molecule has 0 saturated carbocycles. The van der Waals surface area contributed by atoms with Crippen molar-refractivity contribution in [1.82, 2.24) is 15.1 Å². The average molecular weight is 415 g/mol. The molecule has 1 aromatic carbocycles. The molecule has 2 rings (SSSR count). The molecule has 1 N–H and O–H groups in total. The number of carbonyl (C=O) groups excluding carboxylic acids is 2. The topological polar surface area (TPSA) is 61.9 Å². The van der Waals surface area contributed by atoms with Crippen molar-refractivity contribution in [1.29, 1.82) is 0 Å². The van der Waals surface area contributed by atoms with Crippen molar-refractivity contribution in [3.8, 4) is 0 Å². The van der Waals surface area contributed by atoms with Gasteiger partial charge in [-0.05, 0) is 38.8 Å². The lowest BCUT2D eigenvalue weighted by atomic mass is 10.1. The lowest BCUT2D eigenvalue weighted by molar-refractivity contribution is -0.174. The summed E-state index contributed by atoms with van der Waals surface area (Å²) in [5.41, 5.74) is 1.09. The van der Waals surface area contributed by atoms with E-state index < -0.39 is 23.7 Å². The van der Waals surface area contributed by atoms with Crippen molar-refractivity contribution in [3.05, 3.63) is 35.4 Å². The highest BCUT2D eigenvalue weighted by atomic mass is 19.4. The highest BCUT2D eigenvalue weighted by Gasteiger charge is 2.39. The van der Waals surface area contributed by atoms with Gasteiger partial charge in [-0.3, -0.25) is 9.69 Å². The number of nitrogens with zero attached hydrogens (tertiary/aromatic N) is 2. The largest absolute Gasteiger partial charge is 0.471 e. The molecule has 1 heterocycles. The van der Waals surface area contributed by atoms with Gasteiger partial charge in [-0.1, -0.05) is 24.3 Å². The third kappa shape index (κ3) is 7.23. The molecule has 0 radical (unpaired) electrons. The van der Waals surface area contributed by atoms with Crippen molar-refractivity contribution in [3.63, 3.8) is 0 Å². The maximum Gasteiger partial charge on any atom is 0.471 e. The molecule has 0 bridgehead atoms. The molecule has 1 aromatic rings. The van der Waals surface area contributed by atoms with Crippen LogP contribution >= 0.6 is 0 Å². The molecule has 6 nitrogen and oxygen atoms in total. The van der Waals surface area contributed by atoms with Crippen LogP contribution in [-0.4, -0.2) is 59.8 Å². The van der Waals surface area contributed by atoms with Gasteiger partial charge in [0.1, 0.15) is 5.60 Å². The molecule has 2 amide bonds. The van der Waals surface area contributed by atoms with E-state index in [1.54, 1.807) is 17.0 Å². The maximum atomic E-state index is 12.4. The smallest absolute Gasteiger partial charge is 0.444 e. The van der Waals surface area contributed by atoms with Crippen molar-refractivity contribution >= 4 is 12.0 Å². The number of benzene rings is 1. The first-order chi connectivity index (χ1) is 13.3. The van der Waals surface area contributed by atoms with E-state index in [-0.39, 0.29) is 6.09 Å². The van der Waals surface area contributed by atoms with E-state index in [1.165, 1.54) is 6.92 Å². The minimum absolute atomic E-state index is 0.309. The van der Waals surface area contributed by atoms with Crippen LogP contribution in [0.2, 0.25) is 0 Å². The van der Waals surface area contributed by atoms with Gasteiger partial charge in [0, 0.05) is 32.7 Å². The predicted octanol–water partition coefficient (Wildman–Crippen LogP) is 3.48. The summed E-state index contributed by atoms with van der Waals surface area (Å²) < 4.78 is 42.5. The zero-order chi connectivity index (χ0) is 21.8. The number of hydrogen-bond donors (Lipinski definition) is 1. The van der Waals surface area contributed by atoms with Crippen molar-refractivity contribution in [2.45, 2.75) is 52.1 Å². The third-order valence-corrected chi connectivity index (χ3v) is 4.51. The van der Waals surface area contributed by atoms with E-state index in [2.05, 4.69) is 4.90 Å². The summed E-state index contributed by atoms with van der Waals surface area (Å²) in [6, 6.07) is 6.37. The fourth-order valence-corrected chi connectivity index (χ4v) is 2.95. The monoisotopic (exact) mass is 415 g/mol. The van der Waals surface area contributed by atoms with Gasteiger partial charge in [-0.2, -0.15) is 13.2 Å². The molecule has 0 aliphatic carbocycles. The van der Waals surface area contributed by atoms with Crippen LogP contribution in [0, 0.1) is 0 Å². The summed E-state index contributed by atoms with van der Waals surface area (Å²) in [5.74, 6) is -1.95. The van der Waals surface area contributed by atoms with E-state index in [0.717, 1.165) is 5.56 Å². The van der Waals surface area contributed by atoms with E-state index in [1.807, 2.05) is 38.2 Å². The van der Waals surface area contributed by atoms with Crippen molar-refractivity contribution in [2.75, 3.05) is 26.2 Å². The summed E-state index contributed by atoms with van der Waals surface area (Å²) in [6.45, 7) is 10.3.